The van der Waals surface area contributed by atoms with Crippen molar-refractivity contribution in [2.24, 2.45) is 0 Å². The van der Waals surface area contributed by atoms with Gasteiger partial charge in [0.05, 0.1) is 16.9 Å². The number of carbonyl (C=O) groups is 1. The molecule has 2 rings (SSSR count). The molecule has 0 radical (unpaired) electrons. The Morgan fingerprint density at radius 3 is 3.00 bits per heavy atom. The molecule has 2 N–H and O–H groups in total. The first kappa shape index (κ1) is 14.3. The lowest BCUT2D eigenvalue weighted by Gasteiger charge is -2.04. The number of benzene rings is 1. The summed E-state index contributed by atoms with van der Waals surface area (Å²) in [6.45, 7) is 0.659. The topological polar surface area (TPSA) is 59.0 Å². The van der Waals surface area contributed by atoms with Crippen LogP contribution >= 0.6 is 11.6 Å². The molecule has 0 saturated heterocycles. The smallest absolute Gasteiger partial charge is 0.241 e. The molecule has 5 nitrogen and oxygen atoms in total. The van der Waals surface area contributed by atoms with Crippen LogP contribution in [-0.2, 0) is 17.9 Å². The molecule has 0 aliphatic heterocycles. The highest BCUT2D eigenvalue weighted by atomic mass is 35.5. The number of nitrogens with zero attached hydrogens (tertiary/aromatic N) is 2. The van der Waals surface area contributed by atoms with Crippen molar-refractivity contribution in [3.8, 4) is 0 Å². The number of amides is 1. The SMILES string of the molecule is CNC(=O)Cn1cc(NCc2ccc(F)c(Cl)c2)cn1. The fraction of sp³-hybridized carbons (Fsp3) is 0.231. The predicted octanol–water partition coefficient (Wildman–Crippen LogP) is 2.03. The van der Waals surface area contributed by atoms with E-state index in [1.807, 2.05) is 0 Å². The van der Waals surface area contributed by atoms with Crippen molar-refractivity contribution in [3.63, 3.8) is 0 Å². The largest absolute Gasteiger partial charge is 0.378 e. The maximum atomic E-state index is 13.0. The summed E-state index contributed by atoms with van der Waals surface area (Å²) in [6.07, 6.45) is 3.34. The minimum absolute atomic E-state index is 0.0969. The van der Waals surface area contributed by atoms with Gasteiger partial charge in [0.15, 0.2) is 0 Å². The maximum absolute atomic E-state index is 13.0. The van der Waals surface area contributed by atoms with Crippen LogP contribution in [0, 0.1) is 5.82 Å². The molecule has 1 aromatic heterocycles. The van der Waals surface area contributed by atoms with Gasteiger partial charge in [0.2, 0.25) is 5.91 Å². The van der Waals surface area contributed by atoms with E-state index < -0.39 is 5.82 Å². The van der Waals surface area contributed by atoms with Gasteiger partial charge in [-0.25, -0.2) is 4.39 Å². The Morgan fingerprint density at radius 1 is 1.50 bits per heavy atom. The molecule has 0 saturated carbocycles. The fourth-order valence-electron chi connectivity index (χ4n) is 1.62. The average molecular weight is 297 g/mol. The third kappa shape index (κ3) is 3.71. The molecule has 1 aromatic carbocycles. The summed E-state index contributed by atoms with van der Waals surface area (Å²) in [4.78, 5) is 11.2. The van der Waals surface area contributed by atoms with Gasteiger partial charge < -0.3 is 10.6 Å². The quantitative estimate of drug-likeness (QED) is 0.887. The Morgan fingerprint density at radius 2 is 2.30 bits per heavy atom. The third-order valence-electron chi connectivity index (χ3n) is 2.70. The zero-order chi connectivity index (χ0) is 14.5. The number of hydrogen-bond donors (Lipinski definition) is 2. The van der Waals surface area contributed by atoms with Crippen molar-refractivity contribution in [2.75, 3.05) is 12.4 Å². The van der Waals surface area contributed by atoms with E-state index in [1.54, 1.807) is 31.6 Å². The van der Waals surface area contributed by atoms with Crippen LogP contribution in [0.3, 0.4) is 0 Å². The van der Waals surface area contributed by atoms with Gasteiger partial charge in [0, 0.05) is 19.8 Å². The lowest BCUT2D eigenvalue weighted by Crippen LogP contribution is -2.23. The second-order valence-corrected chi connectivity index (χ2v) is 4.61. The molecule has 106 valence electrons. The molecule has 0 unspecified atom stereocenters. The van der Waals surface area contributed by atoms with Crippen molar-refractivity contribution < 1.29 is 9.18 Å². The lowest BCUT2D eigenvalue weighted by molar-refractivity contribution is -0.121. The molecule has 0 spiro atoms. The van der Waals surface area contributed by atoms with E-state index in [1.165, 1.54) is 10.7 Å². The molecule has 0 aliphatic carbocycles. The van der Waals surface area contributed by atoms with Gasteiger partial charge in [0.25, 0.3) is 0 Å². The van der Waals surface area contributed by atoms with Crippen molar-refractivity contribution >= 4 is 23.2 Å². The molecule has 20 heavy (non-hydrogen) atoms. The molecular formula is C13H14ClFN4O. The normalized spacial score (nSPS) is 10.3. The molecule has 0 bridgehead atoms. The van der Waals surface area contributed by atoms with Crippen LogP contribution in [0.15, 0.2) is 30.6 Å². The lowest BCUT2D eigenvalue weighted by atomic mass is 10.2. The van der Waals surface area contributed by atoms with Gasteiger partial charge in [0.1, 0.15) is 12.4 Å². The standard InChI is InChI=1S/C13H14ClFN4O/c1-16-13(20)8-19-7-10(6-18-19)17-5-9-2-3-12(15)11(14)4-9/h2-4,6-7,17H,5,8H2,1H3,(H,16,20). The summed E-state index contributed by atoms with van der Waals surface area (Å²) in [7, 11) is 1.57. The molecule has 7 heteroatoms. The third-order valence-corrected chi connectivity index (χ3v) is 2.99. The number of anilines is 1. The van der Waals surface area contributed by atoms with Crippen LogP contribution in [0.4, 0.5) is 10.1 Å². The van der Waals surface area contributed by atoms with E-state index in [0.29, 0.717) is 6.54 Å². The molecule has 1 heterocycles. The Hall–Kier alpha value is -2.08. The highest BCUT2D eigenvalue weighted by Gasteiger charge is 2.04. The highest BCUT2D eigenvalue weighted by Crippen LogP contribution is 2.17. The minimum atomic E-state index is -0.436. The number of hydrogen-bond acceptors (Lipinski definition) is 3. The molecule has 0 aliphatic rings. The van der Waals surface area contributed by atoms with Gasteiger partial charge in [-0.3, -0.25) is 9.48 Å². The Bertz CT molecular complexity index is 614. The highest BCUT2D eigenvalue weighted by molar-refractivity contribution is 6.30. The van der Waals surface area contributed by atoms with E-state index in [2.05, 4.69) is 15.7 Å². The van der Waals surface area contributed by atoms with Crippen molar-refractivity contribution in [3.05, 3.63) is 47.0 Å². The number of likely N-dealkylation sites (N-methyl/N-ethyl adjacent to an activating group) is 1. The summed E-state index contributed by atoms with van der Waals surface area (Å²) >= 11 is 5.71. The van der Waals surface area contributed by atoms with Crippen LogP contribution in [0.25, 0.3) is 0 Å². The Labute approximate surface area is 120 Å². The average Bonchev–Trinajstić information content (AvgIpc) is 2.87. The van der Waals surface area contributed by atoms with Crippen LogP contribution in [0.2, 0.25) is 5.02 Å². The number of halogens is 2. The first-order valence-electron chi connectivity index (χ1n) is 5.99. The van der Waals surface area contributed by atoms with E-state index in [-0.39, 0.29) is 17.5 Å². The van der Waals surface area contributed by atoms with E-state index in [4.69, 9.17) is 11.6 Å². The van der Waals surface area contributed by atoms with E-state index in [0.717, 1.165) is 11.3 Å². The predicted molar refractivity (Wildman–Crippen MR) is 75.0 cm³/mol. The van der Waals surface area contributed by atoms with Gasteiger partial charge in [-0.15, -0.1) is 0 Å². The molecule has 0 fully saturated rings. The van der Waals surface area contributed by atoms with Gasteiger partial charge in [-0.05, 0) is 17.7 Å². The Kier molecular flexibility index (Phi) is 4.57. The van der Waals surface area contributed by atoms with E-state index in [9.17, 15) is 9.18 Å². The first-order chi connectivity index (χ1) is 9.58. The maximum Gasteiger partial charge on any atom is 0.241 e. The molecular weight excluding hydrogens is 283 g/mol. The van der Waals surface area contributed by atoms with Crippen molar-refractivity contribution in [1.82, 2.24) is 15.1 Å². The number of aromatic nitrogens is 2. The second-order valence-electron chi connectivity index (χ2n) is 4.20. The van der Waals surface area contributed by atoms with Crippen molar-refractivity contribution in [1.29, 1.82) is 0 Å². The van der Waals surface area contributed by atoms with Crippen LogP contribution in [0.5, 0.6) is 0 Å². The zero-order valence-corrected chi connectivity index (χ0v) is 11.6. The summed E-state index contributed by atoms with van der Waals surface area (Å²) in [5, 5.41) is 9.80. The number of rotatable bonds is 5. The van der Waals surface area contributed by atoms with Gasteiger partial charge >= 0.3 is 0 Å². The van der Waals surface area contributed by atoms with Crippen LogP contribution in [-0.4, -0.2) is 22.7 Å². The molecule has 2 aromatic rings. The van der Waals surface area contributed by atoms with E-state index >= 15 is 0 Å². The summed E-state index contributed by atoms with van der Waals surface area (Å²) in [5.41, 5.74) is 1.63. The van der Waals surface area contributed by atoms with Crippen LogP contribution < -0.4 is 10.6 Å². The minimum Gasteiger partial charge on any atom is -0.378 e. The second kappa shape index (κ2) is 6.38. The first-order valence-corrected chi connectivity index (χ1v) is 6.37. The van der Waals surface area contributed by atoms with Gasteiger partial charge in [-0.2, -0.15) is 5.10 Å². The summed E-state index contributed by atoms with van der Waals surface area (Å²) < 4.78 is 14.5. The van der Waals surface area contributed by atoms with Crippen molar-refractivity contribution in [2.45, 2.75) is 13.1 Å². The zero-order valence-electron chi connectivity index (χ0n) is 10.9. The number of nitrogens with one attached hydrogen (secondary N) is 2. The molecule has 0 atom stereocenters. The summed E-state index contributed by atoms with van der Waals surface area (Å²) in [6, 6.07) is 4.55. The monoisotopic (exact) mass is 296 g/mol. The Balaban J connectivity index is 1.93. The number of carbonyl (C=O) groups excluding carboxylic acids is 1. The van der Waals surface area contributed by atoms with Crippen LogP contribution in [0.1, 0.15) is 5.56 Å². The summed E-state index contributed by atoms with van der Waals surface area (Å²) in [5.74, 6) is -0.557. The van der Waals surface area contributed by atoms with Gasteiger partial charge in [-0.1, -0.05) is 17.7 Å². The fourth-order valence-corrected chi connectivity index (χ4v) is 1.82. The molecule has 1 amide bonds.